The van der Waals surface area contributed by atoms with Gasteiger partial charge in [0.2, 0.25) is 5.91 Å². The highest BCUT2D eigenvalue weighted by molar-refractivity contribution is 7.10. The molecule has 2 rings (SSSR count). The zero-order valence-corrected chi connectivity index (χ0v) is 14.3. The highest BCUT2D eigenvalue weighted by Crippen LogP contribution is 2.14. The van der Waals surface area contributed by atoms with Crippen molar-refractivity contribution in [2.24, 2.45) is 0 Å². The Labute approximate surface area is 135 Å². The maximum Gasteiger partial charge on any atom is 0.319 e. The summed E-state index contributed by atoms with van der Waals surface area (Å²) < 4.78 is 0. The predicted molar refractivity (Wildman–Crippen MR) is 88.0 cm³/mol. The lowest BCUT2D eigenvalue weighted by Gasteiger charge is -2.35. The van der Waals surface area contributed by atoms with Gasteiger partial charge in [-0.25, -0.2) is 4.79 Å². The van der Waals surface area contributed by atoms with Gasteiger partial charge in [0.05, 0.1) is 13.1 Å². The fraction of sp³-hybridized carbons (Fsp3) is 0.600. The Balaban J connectivity index is 1.70. The van der Waals surface area contributed by atoms with Crippen molar-refractivity contribution in [3.05, 3.63) is 21.9 Å². The van der Waals surface area contributed by atoms with Crippen LogP contribution in [-0.4, -0.2) is 73.5 Å². The van der Waals surface area contributed by atoms with Gasteiger partial charge in [0.1, 0.15) is 0 Å². The van der Waals surface area contributed by atoms with Crippen LogP contribution in [0.4, 0.5) is 4.79 Å². The molecule has 1 N–H and O–H groups in total. The van der Waals surface area contributed by atoms with Crippen LogP contribution in [0.25, 0.3) is 0 Å². The van der Waals surface area contributed by atoms with Crippen molar-refractivity contribution in [1.29, 1.82) is 0 Å². The van der Waals surface area contributed by atoms with Crippen LogP contribution in [0.2, 0.25) is 0 Å². The molecule has 2 heterocycles. The average molecular weight is 324 g/mol. The second-order valence-corrected chi connectivity index (χ2v) is 6.74. The van der Waals surface area contributed by atoms with Crippen molar-refractivity contribution >= 4 is 23.3 Å². The summed E-state index contributed by atoms with van der Waals surface area (Å²) in [5.74, 6) is 0.0418. The molecule has 1 fully saturated rings. The topological polar surface area (TPSA) is 55.9 Å². The van der Waals surface area contributed by atoms with Crippen LogP contribution in [0.5, 0.6) is 0 Å². The second-order valence-electron chi connectivity index (χ2n) is 5.74. The Morgan fingerprint density at radius 3 is 2.50 bits per heavy atom. The number of rotatable bonds is 4. The lowest BCUT2D eigenvalue weighted by atomic mass is 10.3. The molecular formula is C15H24N4O2S. The van der Waals surface area contributed by atoms with Crippen LogP contribution in [0.1, 0.15) is 10.4 Å². The van der Waals surface area contributed by atoms with Crippen LogP contribution < -0.4 is 5.32 Å². The van der Waals surface area contributed by atoms with Crippen LogP contribution in [-0.2, 0) is 11.3 Å². The molecule has 1 aliphatic rings. The fourth-order valence-electron chi connectivity index (χ4n) is 2.40. The lowest BCUT2D eigenvalue weighted by Crippen LogP contribution is -2.53. The first-order chi connectivity index (χ1) is 10.5. The zero-order chi connectivity index (χ0) is 16.1. The van der Waals surface area contributed by atoms with Gasteiger partial charge in [0.25, 0.3) is 0 Å². The molecule has 0 aromatic carbocycles. The monoisotopic (exact) mass is 324 g/mol. The van der Waals surface area contributed by atoms with Crippen LogP contribution in [0.15, 0.2) is 11.4 Å². The third-order valence-corrected chi connectivity index (χ3v) is 4.83. The first-order valence-corrected chi connectivity index (χ1v) is 8.33. The van der Waals surface area contributed by atoms with Gasteiger partial charge in [0, 0.05) is 45.2 Å². The molecule has 22 heavy (non-hydrogen) atoms. The molecule has 1 aromatic heterocycles. The molecule has 0 radical (unpaired) electrons. The summed E-state index contributed by atoms with van der Waals surface area (Å²) in [7, 11) is 3.52. The third kappa shape index (κ3) is 4.45. The summed E-state index contributed by atoms with van der Waals surface area (Å²) in [6.07, 6.45) is 0. The largest absolute Gasteiger partial charge is 0.350 e. The molecule has 0 saturated carbocycles. The van der Waals surface area contributed by atoms with E-state index in [1.54, 1.807) is 30.3 Å². The highest BCUT2D eigenvalue weighted by Gasteiger charge is 2.23. The van der Waals surface area contributed by atoms with E-state index in [4.69, 9.17) is 0 Å². The number of hydrogen-bond donors (Lipinski definition) is 1. The highest BCUT2D eigenvalue weighted by atomic mass is 32.1. The normalized spacial score (nSPS) is 15.7. The third-order valence-electron chi connectivity index (χ3n) is 3.81. The van der Waals surface area contributed by atoms with E-state index in [0.717, 1.165) is 13.1 Å². The lowest BCUT2D eigenvalue weighted by molar-refractivity contribution is -0.122. The molecule has 3 amide bonds. The number of thiophene rings is 1. The number of nitrogens with one attached hydrogen (secondary N) is 1. The first kappa shape index (κ1) is 16.8. The Morgan fingerprint density at radius 2 is 1.95 bits per heavy atom. The number of piperazine rings is 1. The van der Waals surface area contributed by atoms with E-state index in [9.17, 15) is 9.59 Å². The summed E-state index contributed by atoms with van der Waals surface area (Å²) in [4.78, 5) is 30.6. The molecule has 122 valence electrons. The Bertz CT molecular complexity index is 521. The number of urea groups is 1. The van der Waals surface area contributed by atoms with E-state index in [1.807, 2.05) is 10.3 Å². The summed E-state index contributed by atoms with van der Waals surface area (Å²) in [5.41, 5.74) is 1.22. The molecular weight excluding hydrogens is 300 g/mol. The SMILES string of the molecule is Cc1ccsc1CNC(=O)CN1CCN(C(=O)N(C)C)CC1. The van der Waals surface area contributed by atoms with Gasteiger partial charge in [-0.3, -0.25) is 9.69 Å². The second kappa shape index (κ2) is 7.60. The van der Waals surface area contributed by atoms with Gasteiger partial charge in [-0.2, -0.15) is 0 Å². The van der Waals surface area contributed by atoms with Gasteiger partial charge in [-0.05, 0) is 23.9 Å². The number of carbonyl (C=O) groups is 2. The molecule has 6 nitrogen and oxygen atoms in total. The standard InChI is InChI=1S/C15H24N4O2S/c1-12-4-9-22-13(12)10-16-14(20)11-18-5-7-19(8-6-18)15(21)17(2)3/h4,9H,5-8,10-11H2,1-3H3,(H,16,20). The van der Waals surface area contributed by atoms with Crippen molar-refractivity contribution in [1.82, 2.24) is 20.0 Å². The number of hydrogen-bond acceptors (Lipinski definition) is 4. The number of carbonyl (C=O) groups excluding carboxylic acids is 2. The summed E-state index contributed by atoms with van der Waals surface area (Å²) >= 11 is 1.67. The zero-order valence-electron chi connectivity index (χ0n) is 13.5. The molecule has 1 aromatic rings. The number of aryl methyl sites for hydroxylation is 1. The molecule has 1 aliphatic heterocycles. The summed E-state index contributed by atoms with van der Waals surface area (Å²) in [6.45, 7) is 5.88. The molecule has 0 spiro atoms. The van der Waals surface area contributed by atoms with Crippen LogP contribution >= 0.6 is 11.3 Å². The van der Waals surface area contributed by atoms with Crippen LogP contribution in [0, 0.1) is 6.92 Å². The van der Waals surface area contributed by atoms with Crippen molar-refractivity contribution in [2.75, 3.05) is 46.8 Å². The van der Waals surface area contributed by atoms with E-state index in [0.29, 0.717) is 26.2 Å². The van der Waals surface area contributed by atoms with Gasteiger partial charge >= 0.3 is 6.03 Å². The van der Waals surface area contributed by atoms with Crippen molar-refractivity contribution in [2.45, 2.75) is 13.5 Å². The van der Waals surface area contributed by atoms with Crippen molar-refractivity contribution in [3.8, 4) is 0 Å². The van der Waals surface area contributed by atoms with Gasteiger partial charge < -0.3 is 15.1 Å². The number of nitrogens with zero attached hydrogens (tertiary/aromatic N) is 3. The maximum absolute atomic E-state index is 12.0. The first-order valence-electron chi connectivity index (χ1n) is 7.45. The Kier molecular flexibility index (Phi) is 5.79. The van der Waals surface area contributed by atoms with Gasteiger partial charge in [-0.1, -0.05) is 0 Å². The van der Waals surface area contributed by atoms with Crippen molar-refractivity contribution in [3.63, 3.8) is 0 Å². The van der Waals surface area contributed by atoms with E-state index in [-0.39, 0.29) is 11.9 Å². The van der Waals surface area contributed by atoms with E-state index in [2.05, 4.69) is 23.2 Å². The van der Waals surface area contributed by atoms with Gasteiger partial charge in [-0.15, -0.1) is 11.3 Å². The maximum atomic E-state index is 12.0. The smallest absolute Gasteiger partial charge is 0.319 e. The van der Waals surface area contributed by atoms with Gasteiger partial charge in [0.15, 0.2) is 0 Å². The molecule has 0 bridgehead atoms. The molecule has 0 aliphatic carbocycles. The Hall–Kier alpha value is -1.60. The fourth-order valence-corrected chi connectivity index (χ4v) is 3.25. The molecule has 0 atom stereocenters. The minimum Gasteiger partial charge on any atom is -0.350 e. The minimum atomic E-state index is 0.0391. The minimum absolute atomic E-state index is 0.0391. The van der Waals surface area contributed by atoms with E-state index < -0.39 is 0 Å². The molecule has 1 saturated heterocycles. The molecule has 0 unspecified atom stereocenters. The predicted octanol–water partition coefficient (Wildman–Crippen LogP) is 0.972. The van der Waals surface area contributed by atoms with E-state index >= 15 is 0 Å². The van der Waals surface area contributed by atoms with Crippen LogP contribution in [0.3, 0.4) is 0 Å². The summed E-state index contributed by atoms with van der Waals surface area (Å²) in [6, 6.07) is 2.10. The quantitative estimate of drug-likeness (QED) is 0.898. The van der Waals surface area contributed by atoms with E-state index in [1.165, 1.54) is 10.4 Å². The Morgan fingerprint density at radius 1 is 1.27 bits per heavy atom. The average Bonchev–Trinajstić information content (AvgIpc) is 2.90. The summed E-state index contributed by atoms with van der Waals surface area (Å²) in [5, 5.41) is 5.01. The van der Waals surface area contributed by atoms with Crippen molar-refractivity contribution < 1.29 is 9.59 Å². The number of amides is 3. The molecule has 7 heteroatoms.